The highest BCUT2D eigenvalue weighted by molar-refractivity contribution is 6.07. The molecule has 0 unspecified atom stereocenters. The molecule has 0 fully saturated rings. The molecule has 0 saturated heterocycles. The minimum absolute atomic E-state index is 0.0127. The van der Waals surface area contributed by atoms with E-state index in [-0.39, 0.29) is 35.3 Å². The largest absolute Gasteiger partial charge is 0.385 e. The Morgan fingerprint density at radius 1 is 1.19 bits per heavy atom. The molecule has 0 atom stereocenters. The second-order valence-electron chi connectivity index (χ2n) is 9.13. The van der Waals surface area contributed by atoms with Crippen LogP contribution in [0.3, 0.4) is 0 Å². The van der Waals surface area contributed by atoms with E-state index < -0.39 is 11.2 Å². The van der Waals surface area contributed by atoms with Crippen LogP contribution in [-0.4, -0.2) is 35.7 Å². The average molecular weight is 431 g/mol. The van der Waals surface area contributed by atoms with Gasteiger partial charge >= 0.3 is 5.69 Å². The highest BCUT2D eigenvalue weighted by Gasteiger charge is 2.25. The SMILES string of the molecule is COCCCN(C(=O)c1ccc(C(C)(C)C)cc1)c1c(N)n(CC(C)C)c(=O)[nH]c1=O. The number of nitrogens with two attached hydrogens (primary N) is 1. The van der Waals surface area contributed by atoms with E-state index in [1.54, 1.807) is 19.2 Å². The third kappa shape index (κ3) is 5.85. The molecule has 31 heavy (non-hydrogen) atoms. The number of aromatic nitrogens is 2. The Morgan fingerprint density at radius 3 is 2.32 bits per heavy atom. The van der Waals surface area contributed by atoms with Crippen molar-refractivity contribution in [1.82, 2.24) is 9.55 Å². The fourth-order valence-electron chi connectivity index (χ4n) is 3.34. The van der Waals surface area contributed by atoms with Gasteiger partial charge in [0.25, 0.3) is 11.5 Å². The van der Waals surface area contributed by atoms with Gasteiger partial charge in [-0.15, -0.1) is 0 Å². The quantitative estimate of drug-likeness (QED) is 0.626. The summed E-state index contributed by atoms with van der Waals surface area (Å²) in [5.74, 6) is -0.246. The van der Waals surface area contributed by atoms with Crippen LogP contribution in [-0.2, 0) is 16.7 Å². The van der Waals surface area contributed by atoms with Crippen molar-refractivity contribution in [2.75, 3.05) is 30.9 Å². The zero-order valence-electron chi connectivity index (χ0n) is 19.3. The number of carbonyl (C=O) groups excluding carboxylic acids is 1. The summed E-state index contributed by atoms with van der Waals surface area (Å²) in [6, 6.07) is 7.32. The normalized spacial score (nSPS) is 11.7. The summed E-state index contributed by atoms with van der Waals surface area (Å²) in [5, 5.41) is 0. The summed E-state index contributed by atoms with van der Waals surface area (Å²) in [7, 11) is 1.57. The number of ether oxygens (including phenoxy) is 1. The number of nitrogen functional groups attached to an aromatic ring is 1. The number of benzene rings is 1. The first-order valence-electron chi connectivity index (χ1n) is 10.5. The Labute approximate surface area is 183 Å². The summed E-state index contributed by atoms with van der Waals surface area (Å²) in [6.07, 6.45) is 0.504. The van der Waals surface area contributed by atoms with Gasteiger partial charge in [0.15, 0.2) is 5.69 Å². The molecule has 0 saturated carbocycles. The molecule has 0 aliphatic rings. The predicted octanol–water partition coefficient (Wildman–Crippen LogP) is 2.76. The fraction of sp³-hybridized carbons (Fsp3) is 0.522. The topological polar surface area (TPSA) is 110 Å². The number of rotatable bonds is 8. The van der Waals surface area contributed by atoms with Crippen LogP contribution in [0.4, 0.5) is 11.5 Å². The van der Waals surface area contributed by atoms with Crippen molar-refractivity contribution in [2.45, 2.75) is 53.0 Å². The second kappa shape index (κ2) is 9.96. The lowest BCUT2D eigenvalue weighted by Gasteiger charge is -2.25. The molecule has 170 valence electrons. The van der Waals surface area contributed by atoms with Crippen LogP contribution >= 0.6 is 0 Å². The minimum atomic E-state index is -0.681. The maximum atomic E-state index is 13.4. The van der Waals surface area contributed by atoms with Crippen LogP contribution in [0.25, 0.3) is 0 Å². The molecule has 0 aliphatic heterocycles. The van der Waals surface area contributed by atoms with Crippen LogP contribution in [0, 0.1) is 5.92 Å². The molecule has 8 heteroatoms. The van der Waals surface area contributed by atoms with E-state index in [0.29, 0.717) is 25.1 Å². The van der Waals surface area contributed by atoms with E-state index in [2.05, 4.69) is 25.8 Å². The molecular weight excluding hydrogens is 396 g/mol. The number of methoxy groups -OCH3 is 1. The summed E-state index contributed by atoms with van der Waals surface area (Å²) in [5.41, 5.74) is 6.46. The summed E-state index contributed by atoms with van der Waals surface area (Å²) >= 11 is 0. The number of carbonyl (C=O) groups is 1. The molecule has 0 radical (unpaired) electrons. The van der Waals surface area contributed by atoms with E-state index in [4.69, 9.17) is 10.5 Å². The first-order chi connectivity index (χ1) is 14.5. The molecule has 0 bridgehead atoms. The van der Waals surface area contributed by atoms with Crippen LogP contribution in [0.5, 0.6) is 0 Å². The van der Waals surface area contributed by atoms with Crippen LogP contribution in [0.15, 0.2) is 33.9 Å². The highest BCUT2D eigenvalue weighted by Crippen LogP contribution is 2.24. The van der Waals surface area contributed by atoms with Crippen LogP contribution in [0.2, 0.25) is 0 Å². The van der Waals surface area contributed by atoms with Gasteiger partial charge < -0.3 is 15.4 Å². The standard InChI is InChI=1S/C23H34N4O4/c1-15(2)14-27-19(24)18(20(28)25-22(27)30)26(12-7-13-31-6)21(29)16-8-10-17(11-9-16)23(3,4)5/h8-11,15H,7,12-14,24H2,1-6H3,(H,25,28,30). The van der Waals surface area contributed by atoms with E-state index >= 15 is 0 Å². The molecule has 1 aromatic carbocycles. The van der Waals surface area contributed by atoms with Gasteiger partial charge in [0.2, 0.25) is 0 Å². The lowest BCUT2D eigenvalue weighted by Crippen LogP contribution is -2.42. The van der Waals surface area contributed by atoms with Crippen molar-refractivity contribution < 1.29 is 9.53 Å². The summed E-state index contributed by atoms with van der Waals surface area (Å²) in [6.45, 7) is 11.1. The number of nitrogens with zero attached hydrogens (tertiary/aromatic N) is 2. The number of amides is 1. The van der Waals surface area contributed by atoms with E-state index in [1.165, 1.54) is 9.47 Å². The third-order valence-electron chi connectivity index (χ3n) is 5.00. The van der Waals surface area contributed by atoms with Gasteiger partial charge in [-0.25, -0.2) is 4.79 Å². The maximum Gasteiger partial charge on any atom is 0.330 e. The van der Waals surface area contributed by atoms with E-state index in [9.17, 15) is 14.4 Å². The number of H-pyrrole nitrogens is 1. The van der Waals surface area contributed by atoms with Crippen molar-refractivity contribution in [3.8, 4) is 0 Å². The molecular formula is C23H34N4O4. The molecule has 3 N–H and O–H groups in total. The highest BCUT2D eigenvalue weighted by atomic mass is 16.5. The van der Waals surface area contributed by atoms with Crippen LogP contribution < -0.4 is 21.9 Å². The van der Waals surface area contributed by atoms with Gasteiger partial charge in [-0.1, -0.05) is 46.8 Å². The second-order valence-corrected chi connectivity index (χ2v) is 9.13. The fourth-order valence-corrected chi connectivity index (χ4v) is 3.34. The van der Waals surface area contributed by atoms with Gasteiger partial charge in [-0.3, -0.25) is 19.1 Å². The first kappa shape index (κ1) is 24.4. The number of hydrogen-bond donors (Lipinski definition) is 2. The monoisotopic (exact) mass is 430 g/mol. The molecule has 2 aromatic rings. The van der Waals surface area contributed by atoms with E-state index in [1.807, 2.05) is 26.0 Å². The van der Waals surface area contributed by atoms with Crippen molar-refractivity contribution in [3.63, 3.8) is 0 Å². The summed E-state index contributed by atoms with van der Waals surface area (Å²) < 4.78 is 6.42. The zero-order chi connectivity index (χ0) is 23.3. The number of nitrogens with one attached hydrogen (secondary N) is 1. The number of hydrogen-bond acceptors (Lipinski definition) is 5. The maximum absolute atomic E-state index is 13.4. The Hall–Kier alpha value is -2.87. The van der Waals surface area contributed by atoms with Crippen molar-refractivity contribution in [1.29, 1.82) is 0 Å². The summed E-state index contributed by atoms with van der Waals surface area (Å²) in [4.78, 5) is 42.1. The molecule has 0 aliphatic carbocycles. The zero-order valence-corrected chi connectivity index (χ0v) is 19.3. The molecule has 8 nitrogen and oxygen atoms in total. The van der Waals surface area contributed by atoms with Gasteiger partial charge in [0, 0.05) is 32.4 Å². The van der Waals surface area contributed by atoms with Crippen molar-refractivity contribution in [2.24, 2.45) is 5.92 Å². The minimum Gasteiger partial charge on any atom is -0.385 e. The van der Waals surface area contributed by atoms with Gasteiger partial charge in [-0.05, 0) is 35.4 Å². The molecule has 1 heterocycles. The lowest BCUT2D eigenvalue weighted by molar-refractivity contribution is 0.0983. The lowest BCUT2D eigenvalue weighted by atomic mass is 9.86. The van der Waals surface area contributed by atoms with Crippen molar-refractivity contribution >= 4 is 17.4 Å². The molecule has 1 aromatic heterocycles. The van der Waals surface area contributed by atoms with Crippen LogP contribution in [0.1, 0.15) is 57.0 Å². The number of anilines is 2. The Kier molecular flexibility index (Phi) is 7.84. The number of aromatic amines is 1. The predicted molar refractivity (Wildman–Crippen MR) is 124 cm³/mol. The van der Waals surface area contributed by atoms with Gasteiger partial charge in [-0.2, -0.15) is 0 Å². The van der Waals surface area contributed by atoms with Gasteiger partial charge in [0.05, 0.1) is 0 Å². The Balaban J connectivity index is 2.55. The molecule has 1 amide bonds. The van der Waals surface area contributed by atoms with Crippen molar-refractivity contribution in [3.05, 3.63) is 56.2 Å². The van der Waals surface area contributed by atoms with Gasteiger partial charge in [0.1, 0.15) is 5.82 Å². The first-order valence-corrected chi connectivity index (χ1v) is 10.5. The average Bonchev–Trinajstić information content (AvgIpc) is 2.68. The smallest absolute Gasteiger partial charge is 0.330 e. The Bertz CT molecular complexity index is 1010. The molecule has 2 rings (SSSR count). The third-order valence-corrected chi connectivity index (χ3v) is 5.00. The van der Waals surface area contributed by atoms with E-state index in [0.717, 1.165) is 5.56 Å². The Morgan fingerprint density at radius 2 is 1.81 bits per heavy atom. The molecule has 0 spiro atoms.